The van der Waals surface area contributed by atoms with Crippen LogP contribution in [0.1, 0.15) is 24.8 Å². The Balaban J connectivity index is 2.03. The molecule has 1 aliphatic rings. The van der Waals surface area contributed by atoms with Crippen molar-refractivity contribution in [1.82, 2.24) is 10.2 Å². The first-order valence-corrected chi connectivity index (χ1v) is 6.94. The van der Waals surface area contributed by atoms with Crippen molar-refractivity contribution >= 4 is 0 Å². The van der Waals surface area contributed by atoms with Crippen LogP contribution < -0.4 is 10.1 Å². The van der Waals surface area contributed by atoms with Crippen LogP contribution in [0.2, 0.25) is 0 Å². The van der Waals surface area contributed by atoms with Gasteiger partial charge in [-0.2, -0.15) is 0 Å². The first-order chi connectivity index (χ1) is 9.22. The summed E-state index contributed by atoms with van der Waals surface area (Å²) < 4.78 is 19.1. The van der Waals surface area contributed by atoms with E-state index < -0.39 is 0 Å². The van der Waals surface area contributed by atoms with Crippen molar-refractivity contribution in [3.8, 4) is 5.75 Å². The summed E-state index contributed by atoms with van der Waals surface area (Å²) in [5, 5.41) is 3.40. The van der Waals surface area contributed by atoms with Crippen LogP contribution in [-0.2, 0) is 6.54 Å². The minimum atomic E-state index is -0.233. The average Bonchev–Trinajstić information content (AvgIpc) is 2.70. The van der Waals surface area contributed by atoms with E-state index in [1.165, 1.54) is 20.0 Å². The third-order valence-corrected chi connectivity index (χ3v) is 3.85. The van der Waals surface area contributed by atoms with E-state index in [-0.39, 0.29) is 5.82 Å². The van der Waals surface area contributed by atoms with Gasteiger partial charge >= 0.3 is 0 Å². The number of ether oxygens (including phenoxy) is 1. The number of rotatable bonds is 4. The summed E-state index contributed by atoms with van der Waals surface area (Å²) in [7, 11) is 3.58. The van der Waals surface area contributed by atoms with E-state index >= 15 is 0 Å². The topological polar surface area (TPSA) is 24.5 Å². The van der Waals surface area contributed by atoms with Crippen LogP contribution in [-0.4, -0.2) is 38.2 Å². The second kappa shape index (κ2) is 6.87. The smallest absolute Gasteiger partial charge is 0.169 e. The molecule has 1 atom stereocenters. The molecule has 4 heteroatoms. The van der Waals surface area contributed by atoms with Gasteiger partial charge in [-0.1, -0.05) is 12.1 Å². The fourth-order valence-electron chi connectivity index (χ4n) is 2.68. The van der Waals surface area contributed by atoms with Crippen molar-refractivity contribution in [3.63, 3.8) is 0 Å². The van der Waals surface area contributed by atoms with Gasteiger partial charge in [-0.15, -0.1) is 0 Å². The summed E-state index contributed by atoms with van der Waals surface area (Å²) in [6.07, 6.45) is 3.49. The molecular weight excluding hydrogens is 243 g/mol. The molecule has 1 heterocycles. The minimum absolute atomic E-state index is 0.233. The van der Waals surface area contributed by atoms with Gasteiger partial charge in [0.2, 0.25) is 0 Å². The lowest BCUT2D eigenvalue weighted by atomic mass is 10.1. The maximum absolute atomic E-state index is 14.1. The van der Waals surface area contributed by atoms with Crippen molar-refractivity contribution in [1.29, 1.82) is 0 Å². The average molecular weight is 266 g/mol. The van der Waals surface area contributed by atoms with Gasteiger partial charge in [-0.3, -0.25) is 4.90 Å². The van der Waals surface area contributed by atoms with E-state index in [1.54, 1.807) is 6.07 Å². The Labute approximate surface area is 114 Å². The third-order valence-electron chi connectivity index (χ3n) is 3.85. The lowest BCUT2D eigenvalue weighted by Crippen LogP contribution is -2.32. The summed E-state index contributed by atoms with van der Waals surface area (Å²) in [5.74, 6) is 0.0945. The molecule has 1 aromatic rings. The molecule has 106 valence electrons. The van der Waals surface area contributed by atoms with Gasteiger partial charge in [-0.25, -0.2) is 4.39 Å². The van der Waals surface area contributed by atoms with Gasteiger partial charge < -0.3 is 10.1 Å². The molecule has 1 N–H and O–H groups in total. The first kappa shape index (κ1) is 14.3. The SMILES string of the molecule is COc1cccc(CN(C)C2CCCNCC2)c1F. The Bertz CT molecular complexity index is 403. The third kappa shape index (κ3) is 3.67. The molecule has 0 spiro atoms. The molecule has 1 saturated heterocycles. The predicted octanol–water partition coefficient (Wildman–Crippen LogP) is 2.41. The highest BCUT2D eigenvalue weighted by molar-refractivity contribution is 5.31. The minimum Gasteiger partial charge on any atom is -0.494 e. The van der Waals surface area contributed by atoms with Crippen LogP contribution in [0.3, 0.4) is 0 Å². The van der Waals surface area contributed by atoms with Gasteiger partial charge in [0.25, 0.3) is 0 Å². The molecule has 0 bridgehead atoms. The van der Waals surface area contributed by atoms with Crippen LogP contribution in [0.25, 0.3) is 0 Å². The zero-order valence-electron chi connectivity index (χ0n) is 11.8. The highest BCUT2D eigenvalue weighted by atomic mass is 19.1. The Hall–Kier alpha value is -1.13. The van der Waals surface area contributed by atoms with Gasteiger partial charge in [0.15, 0.2) is 11.6 Å². The van der Waals surface area contributed by atoms with E-state index in [4.69, 9.17) is 4.74 Å². The lowest BCUT2D eigenvalue weighted by Gasteiger charge is -2.27. The largest absolute Gasteiger partial charge is 0.494 e. The number of nitrogens with one attached hydrogen (secondary N) is 1. The van der Waals surface area contributed by atoms with Gasteiger partial charge in [0, 0.05) is 18.2 Å². The molecule has 1 aliphatic heterocycles. The van der Waals surface area contributed by atoms with Crippen LogP contribution in [0, 0.1) is 5.82 Å². The highest BCUT2D eigenvalue weighted by Gasteiger charge is 2.18. The molecule has 3 nitrogen and oxygen atoms in total. The van der Waals surface area contributed by atoms with Gasteiger partial charge in [0.05, 0.1) is 7.11 Å². The van der Waals surface area contributed by atoms with Crippen molar-refractivity contribution in [3.05, 3.63) is 29.6 Å². The standard InChI is InChI=1S/C15H23FN2O/c1-18(13-6-4-9-17-10-8-13)11-12-5-3-7-14(19-2)15(12)16/h3,5,7,13,17H,4,6,8-11H2,1-2H3. The number of methoxy groups -OCH3 is 1. The fraction of sp³-hybridized carbons (Fsp3) is 0.600. The van der Waals surface area contributed by atoms with Crippen molar-refractivity contribution in [2.24, 2.45) is 0 Å². The molecule has 0 saturated carbocycles. The summed E-state index contributed by atoms with van der Waals surface area (Å²) in [4.78, 5) is 2.25. The second-order valence-corrected chi connectivity index (χ2v) is 5.18. The Kier molecular flexibility index (Phi) is 5.16. The fourth-order valence-corrected chi connectivity index (χ4v) is 2.68. The molecule has 0 amide bonds. The van der Waals surface area contributed by atoms with Crippen LogP contribution in [0.4, 0.5) is 4.39 Å². The molecule has 1 unspecified atom stereocenters. The van der Waals surface area contributed by atoms with Crippen LogP contribution in [0.15, 0.2) is 18.2 Å². The molecule has 0 radical (unpaired) electrons. The van der Waals surface area contributed by atoms with E-state index in [1.807, 2.05) is 12.1 Å². The van der Waals surface area contributed by atoms with Crippen LogP contribution in [0.5, 0.6) is 5.75 Å². The van der Waals surface area contributed by atoms with Crippen molar-refractivity contribution in [2.75, 3.05) is 27.2 Å². The van der Waals surface area contributed by atoms with E-state index in [0.29, 0.717) is 23.9 Å². The maximum atomic E-state index is 14.1. The van der Waals surface area contributed by atoms with Crippen LogP contribution >= 0.6 is 0 Å². The molecule has 2 rings (SSSR count). The molecular formula is C15H23FN2O. The normalized spacial score (nSPS) is 20.3. The maximum Gasteiger partial charge on any atom is 0.169 e. The number of hydrogen-bond acceptors (Lipinski definition) is 3. The number of hydrogen-bond donors (Lipinski definition) is 1. The summed E-state index contributed by atoms with van der Waals surface area (Å²) >= 11 is 0. The van der Waals surface area contributed by atoms with Crippen molar-refractivity contribution < 1.29 is 9.13 Å². The summed E-state index contributed by atoms with van der Waals surface area (Å²) in [6, 6.07) is 5.87. The van der Waals surface area contributed by atoms with E-state index in [9.17, 15) is 4.39 Å². The molecule has 19 heavy (non-hydrogen) atoms. The Morgan fingerprint density at radius 3 is 3.00 bits per heavy atom. The zero-order chi connectivity index (χ0) is 13.7. The monoisotopic (exact) mass is 266 g/mol. The predicted molar refractivity (Wildman–Crippen MR) is 74.9 cm³/mol. The van der Waals surface area contributed by atoms with Crippen molar-refractivity contribution in [2.45, 2.75) is 31.8 Å². The molecule has 0 aliphatic carbocycles. The molecule has 1 aromatic carbocycles. The Morgan fingerprint density at radius 1 is 1.37 bits per heavy atom. The quantitative estimate of drug-likeness (QED) is 0.905. The van der Waals surface area contributed by atoms with Gasteiger partial charge in [0.1, 0.15) is 0 Å². The summed E-state index contributed by atoms with van der Waals surface area (Å²) in [6.45, 7) is 2.78. The molecule has 1 fully saturated rings. The Morgan fingerprint density at radius 2 is 2.21 bits per heavy atom. The lowest BCUT2D eigenvalue weighted by molar-refractivity contribution is 0.213. The molecule has 0 aromatic heterocycles. The number of benzene rings is 1. The second-order valence-electron chi connectivity index (χ2n) is 5.18. The first-order valence-electron chi connectivity index (χ1n) is 6.94. The van der Waals surface area contributed by atoms with Gasteiger partial charge in [-0.05, 0) is 45.5 Å². The number of nitrogens with zero attached hydrogens (tertiary/aromatic N) is 1. The van der Waals surface area contributed by atoms with E-state index in [0.717, 1.165) is 19.5 Å². The summed E-state index contributed by atoms with van der Waals surface area (Å²) in [5.41, 5.74) is 0.707. The zero-order valence-corrected chi connectivity index (χ0v) is 11.8. The number of halogens is 1. The van der Waals surface area contributed by atoms with E-state index in [2.05, 4.69) is 17.3 Å². The highest BCUT2D eigenvalue weighted by Crippen LogP contribution is 2.22.